The summed E-state index contributed by atoms with van der Waals surface area (Å²) in [6, 6.07) is 5.66. The first-order valence-corrected chi connectivity index (χ1v) is 12.3. The minimum Gasteiger partial charge on any atom is -0.472 e. The van der Waals surface area contributed by atoms with E-state index in [0.717, 1.165) is 34.2 Å². The van der Waals surface area contributed by atoms with Crippen LogP contribution in [0.25, 0.3) is 10.3 Å². The van der Waals surface area contributed by atoms with Gasteiger partial charge >= 0.3 is 0 Å². The molecule has 0 bridgehead atoms. The summed E-state index contributed by atoms with van der Waals surface area (Å²) in [5, 5.41) is 16.8. The molecule has 1 amide bonds. The normalized spacial score (nSPS) is 20.3. The number of carbonyl (C=O) groups is 1. The van der Waals surface area contributed by atoms with Crippen molar-refractivity contribution in [3.8, 4) is 0 Å². The van der Waals surface area contributed by atoms with Gasteiger partial charge in [0.2, 0.25) is 0 Å². The first kappa shape index (κ1) is 22.0. The van der Waals surface area contributed by atoms with E-state index in [4.69, 9.17) is 19.4 Å². The maximum atomic E-state index is 13.1. The lowest BCUT2D eigenvalue weighted by Crippen LogP contribution is -2.51. The van der Waals surface area contributed by atoms with Gasteiger partial charge in [0.05, 0.1) is 29.7 Å². The molecule has 2 fully saturated rings. The Hall–Kier alpha value is -3.48. The highest BCUT2D eigenvalue weighted by atomic mass is 32.1. The second-order valence-corrected chi connectivity index (χ2v) is 9.72. The molecule has 1 atom stereocenters. The van der Waals surface area contributed by atoms with Crippen molar-refractivity contribution in [3.05, 3.63) is 47.6 Å². The van der Waals surface area contributed by atoms with Crippen LogP contribution in [0.2, 0.25) is 0 Å². The van der Waals surface area contributed by atoms with Gasteiger partial charge in [-0.05, 0) is 25.1 Å². The molecule has 0 radical (unpaired) electrons. The molecule has 11 nitrogen and oxygen atoms in total. The van der Waals surface area contributed by atoms with Crippen molar-refractivity contribution in [3.63, 3.8) is 0 Å². The number of aliphatic hydroxyl groups is 1. The third-order valence-electron chi connectivity index (χ3n) is 6.12. The monoisotopic (exact) mass is 495 g/mol. The van der Waals surface area contributed by atoms with Crippen LogP contribution in [0.3, 0.4) is 0 Å². The molecule has 0 spiro atoms. The zero-order chi connectivity index (χ0) is 23.9. The summed E-state index contributed by atoms with van der Waals surface area (Å²) >= 11 is 1.54. The molecule has 1 unspecified atom stereocenters. The van der Waals surface area contributed by atoms with E-state index in [0.29, 0.717) is 49.2 Å². The number of β-amino-alcohol motifs (C(OH)–C–C–N with tert-alkyl or cyclic N) is 1. The van der Waals surface area contributed by atoms with Gasteiger partial charge in [0.25, 0.3) is 5.91 Å². The number of fused-ring (bicyclic) bond motifs is 1. The quantitative estimate of drug-likeness (QED) is 0.480. The average Bonchev–Trinajstić information content (AvgIpc) is 3.50. The number of nitrogens with one attached hydrogen (secondary N) is 2. The van der Waals surface area contributed by atoms with Crippen LogP contribution in [-0.4, -0.2) is 71.5 Å². The number of ether oxygens (including phenoxy) is 2. The van der Waals surface area contributed by atoms with Crippen molar-refractivity contribution in [2.24, 2.45) is 0 Å². The number of amides is 1. The summed E-state index contributed by atoms with van der Waals surface area (Å²) in [7, 11) is 0. The van der Waals surface area contributed by atoms with Crippen molar-refractivity contribution in [2.45, 2.75) is 19.3 Å². The molecular formula is C23H25N7O4S. The van der Waals surface area contributed by atoms with E-state index in [2.05, 4.69) is 20.5 Å². The number of hydrogen-bond acceptors (Lipinski definition) is 11. The lowest BCUT2D eigenvalue weighted by Gasteiger charge is -2.37. The molecular weight excluding hydrogens is 470 g/mol. The van der Waals surface area contributed by atoms with Gasteiger partial charge in [-0.2, -0.15) is 4.98 Å². The molecule has 12 heteroatoms. The molecule has 3 aromatic heterocycles. The highest BCUT2D eigenvalue weighted by Crippen LogP contribution is 2.36. The zero-order valence-corrected chi connectivity index (χ0v) is 19.9. The number of hydrogen-bond donors (Lipinski definition) is 3. The van der Waals surface area contributed by atoms with Crippen LogP contribution in [0.4, 0.5) is 16.6 Å². The Kier molecular flexibility index (Phi) is 5.63. The van der Waals surface area contributed by atoms with Crippen LogP contribution < -0.4 is 20.4 Å². The van der Waals surface area contributed by atoms with Gasteiger partial charge in [0.1, 0.15) is 12.0 Å². The Morgan fingerprint density at radius 2 is 2.06 bits per heavy atom. The molecule has 6 rings (SSSR count). The summed E-state index contributed by atoms with van der Waals surface area (Å²) in [5.41, 5.74) is 3.26. The SMILES string of the molecule is Cc1cc(C2NC(C(=O)Nc3cc4sc(N5CCOCC5)nc4nc3N3CC(O)C3)=CO2)ccn1. The number of thiazole rings is 1. The van der Waals surface area contributed by atoms with E-state index in [1.807, 2.05) is 30.0 Å². The standard InChI is InChI=1S/C23H25N7O4S/c1-13-8-14(2-3-24-13)22-26-17(12-34-22)21(32)25-16-9-18-19(27-20(16)30-10-15(31)11-30)28-23(35-18)29-4-6-33-7-5-29/h2-3,8-9,12,15,22,26,31H,4-7,10-11H2,1H3,(H,25,32). The molecule has 3 aliphatic rings. The van der Waals surface area contributed by atoms with Crippen LogP contribution in [0.15, 0.2) is 36.4 Å². The third-order valence-corrected chi connectivity index (χ3v) is 7.17. The van der Waals surface area contributed by atoms with Crippen molar-refractivity contribution >= 4 is 44.2 Å². The molecule has 3 N–H and O–H groups in total. The van der Waals surface area contributed by atoms with Crippen molar-refractivity contribution in [1.82, 2.24) is 20.3 Å². The zero-order valence-electron chi connectivity index (χ0n) is 19.1. The number of pyridine rings is 2. The molecule has 6 heterocycles. The molecule has 3 aliphatic heterocycles. The summed E-state index contributed by atoms with van der Waals surface area (Å²) in [6.45, 7) is 5.72. The van der Waals surface area contributed by atoms with Crippen molar-refractivity contribution in [2.75, 3.05) is 54.5 Å². The fourth-order valence-electron chi connectivity index (χ4n) is 4.24. The summed E-state index contributed by atoms with van der Waals surface area (Å²) in [4.78, 5) is 30.9. The maximum Gasteiger partial charge on any atom is 0.275 e. The minimum absolute atomic E-state index is 0.317. The molecule has 0 saturated carbocycles. The molecule has 0 aromatic carbocycles. The Morgan fingerprint density at radius 3 is 2.83 bits per heavy atom. The number of anilines is 3. The predicted molar refractivity (Wildman–Crippen MR) is 131 cm³/mol. The van der Waals surface area contributed by atoms with E-state index in [1.165, 1.54) is 17.6 Å². The Bertz CT molecular complexity index is 1300. The van der Waals surface area contributed by atoms with Gasteiger partial charge in [-0.3, -0.25) is 9.78 Å². The van der Waals surface area contributed by atoms with Crippen LogP contribution in [0.1, 0.15) is 17.5 Å². The first-order chi connectivity index (χ1) is 17.0. The molecule has 35 heavy (non-hydrogen) atoms. The maximum absolute atomic E-state index is 13.1. The van der Waals surface area contributed by atoms with Gasteiger partial charge < -0.3 is 35.0 Å². The Labute approximate surface area is 205 Å². The van der Waals surface area contributed by atoms with E-state index < -0.39 is 12.3 Å². The largest absolute Gasteiger partial charge is 0.472 e. The number of aromatic nitrogens is 3. The predicted octanol–water partition coefficient (Wildman–Crippen LogP) is 1.51. The van der Waals surface area contributed by atoms with Crippen molar-refractivity contribution < 1.29 is 19.4 Å². The summed E-state index contributed by atoms with van der Waals surface area (Å²) in [5.74, 6) is 0.260. The second-order valence-electron chi connectivity index (χ2n) is 8.71. The fraction of sp³-hybridized carbons (Fsp3) is 0.391. The average molecular weight is 496 g/mol. The Morgan fingerprint density at radius 1 is 1.23 bits per heavy atom. The minimum atomic E-state index is -0.458. The van der Waals surface area contributed by atoms with Gasteiger partial charge in [-0.25, -0.2) is 4.98 Å². The van der Waals surface area contributed by atoms with Crippen LogP contribution in [-0.2, 0) is 14.3 Å². The topological polar surface area (TPSA) is 125 Å². The van der Waals surface area contributed by atoms with Gasteiger partial charge in [-0.15, -0.1) is 0 Å². The Balaban J connectivity index is 1.24. The lowest BCUT2D eigenvalue weighted by molar-refractivity contribution is -0.113. The molecule has 2 saturated heterocycles. The highest BCUT2D eigenvalue weighted by Gasteiger charge is 2.30. The second kappa shape index (κ2) is 8.95. The van der Waals surface area contributed by atoms with E-state index in [1.54, 1.807) is 6.20 Å². The summed E-state index contributed by atoms with van der Waals surface area (Å²) in [6.07, 6.45) is 2.27. The van der Waals surface area contributed by atoms with Gasteiger partial charge in [0.15, 0.2) is 22.8 Å². The number of morpholine rings is 1. The number of aliphatic hydroxyl groups excluding tert-OH is 1. The van der Waals surface area contributed by atoms with Crippen LogP contribution in [0.5, 0.6) is 0 Å². The van der Waals surface area contributed by atoms with E-state index in [-0.39, 0.29) is 5.91 Å². The van der Waals surface area contributed by atoms with Crippen molar-refractivity contribution in [1.29, 1.82) is 0 Å². The van der Waals surface area contributed by atoms with Crippen LogP contribution in [0, 0.1) is 6.92 Å². The van der Waals surface area contributed by atoms with E-state index in [9.17, 15) is 9.90 Å². The lowest BCUT2D eigenvalue weighted by atomic mass is 10.1. The highest BCUT2D eigenvalue weighted by molar-refractivity contribution is 7.22. The molecule has 182 valence electrons. The first-order valence-electron chi connectivity index (χ1n) is 11.5. The fourth-order valence-corrected chi connectivity index (χ4v) is 5.24. The van der Waals surface area contributed by atoms with Gasteiger partial charge in [-0.1, -0.05) is 11.3 Å². The van der Waals surface area contributed by atoms with Gasteiger partial charge in [0, 0.05) is 43.6 Å². The molecule has 3 aromatic rings. The molecule has 0 aliphatic carbocycles. The van der Waals surface area contributed by atoms with Crippen LogP contribution >= 0.6 is 11.3 Å². The number of aryl methyl sites for hydroxylation is 1. The van der Waals surface area contributed by atoms with E-state index >= 15 is 0 Å². The number of rotatable bonds is 5. The number of nitrogens with zero attached hydrogens (tertiary/aromatic N) is 5. The smallest absolute Gasteiger partial charge is 0.275 e. The number of carbonyl (C=O) groups excluding carboxylic acids is 1. The summed E-state index contributed by atoms with van der Waals surface area (Å²) < 4.78 is 12.0. The third kappa shape index (κ3) is 4.35.